The zero-order valence-corrected chi connectivity index (χ0v) is 13.5. The Morgan fingerprint density at radius 3 is 2.30 bits per heavy atom. The molecule has 0 spiro atoms. The minimum Gasteiger partial charge on any atom is -0.316 e. The second kappa shape index (κ2) is 6.76. The van der Waals surface area contributed by atoms with Crippen molar-refractivity contribution in [1.29, 1.82) is 0 Å². The molecule has 0 radical (unpaired) electrons. The molecule has 0 unspecified atom stereocenters. The van der Waals surface area contributed by atoms with Crippen molar-refractivity contribution in [2.45, 2.75) is 58.0 Å². The normalized spacial score (nSPS) is 37.8. The van der Waals surface area contributed by atoms with Gasteiger partial charge in [0.1, 0.15) is 0 Å². The maximum Gasteiger partial charge on any atom is 0.0198 e. The Labute approximate surface area is 125 Å². The quantitative estimate of drug-likeness (QED) is 0.851. The molecule has 3 fully saturated rings. The van der Waals surface area contributed by atoms with Gasteiger partial charge in [0, 0.05) is 51.4 Å². The molecule has 1 aliphatic carbocycles. The lowest BCUT2D eigenvalue weighted by Crippen LogP contribution is -2.58. The van der Waals surface area contributed by atoms with E-state index in [2.05, 4.69) is 29.0 Å². The molecular formula is C17H33N3. The second-order valence-electron chi connectivity index (χ2n) is 7.45. The van der Waals surface area contributed by atoms with Crippen molar-refractivity contribution in [3.8, 4) is 0 Å². The number of rotatable bonds is 4. The summed E-state index contributed by atoms with van der Waals surface area (Å²) in [5.41, 5.74) is 0. The van der Waals surface area contributed by atoms with Crippen molar-refractivity contribution in [2.75, 3.05) is 39.3 Å². The molecule has 0 aromatic rings. The number of nitrogens with zero attached hydrogens (tertiary/aromatic N) is 2. The van der Waals surface area contributed by atoms with Crippen molar-refractivity contribution in [3.63, 3.8) is 0 Å². The van der Waals surface area contributed by atoms with Crippen LogP contribution in [0, 0.1) is 11.8 Å². The summed E-state index contributed by atoms with van der Waals surface area (Å²) in [6.45, 7) is 12.5. The van der Waals surface area contributed by atoms with Gasteiger partial charge in [0.25, 0.3) is 0 Å². The fourth-order valence-electron chi connectivity index (χ4n) is 4.48. The van der Waals surface area contributed by atoms with Crippen molar-refractivity contribution >= 4 is 0 Å². The van der Waals surface area contributed by atoms with E-state index in [1.54, 1.807) is 0 Å². The molecule has 2 aliphatic heterocycles. The molecule has 1 saturated carbocycles. The molecule has 3 rings (SSSR count). The highest BCUT2D eigenvalue weighted by atomic mass is 15.3. The minimum atomic E-state index is 0.764. The van der Waals surface area contributed by atoms with E-state index in [1.807, 2.05) is 0 Å². The van der Waals surface area contributed by atoms with Gasteiger partial charge < -0.3 is 10.2 Å². The monoisotopic (exact) mass is 279 g/mol. The molecule has 2 heterocycles. The third-order valence-corrected chi connectivity index (χ3v) is 6.01. The van der Waals surface area contributed by atoms with Gasteiger partial charge in [-0.2, -0.15) is 0 Å². The average Bonchev–Trinajstić information content (AvgIpc) is 2.43. The van der Waals surface area contributed by atoms with Crippen LogP contribution in [-0.4, -0.2) is 61.2 Å². The smallest absolute Gasteiger partial charge is 0.0198 e. The van der Waals surface area contributed by atoms with Crippen LogP contribution < -0.4 is 5.32 Å². The number of piperazine rings is 1. The average molecular weight is 279 g/mol. The van der Waals surface area contributed by atoms with Gasteiger partial charge in [0.05, 0.1) is 0 Å². The van der Waals surface area contributed by atoms with Gasteiger partial charge in [-0.3, -0.25) is 4.90 Å². The van der Waals surface area contributed by atoms with Gasteiger partial charge in [-0.1, -0.05) is 13.3 Å². The summed E-state index contributed by atoms with van der Waals surface area (Å²) < 4.78 is 0. The summed E-state index contributed by atoms with van der Waals surface area (Å²) >= 11 is 0. The molecule has 3 aliphatic rings. The van der Waals surface area contributed by atoms with Crippen LogP contribution in [0.15, 0.2) is 0 Å². The summed E-state index contributed by atoms with van der Waals surface area (Å²) in [5.74, 6) is 1.95. The molecule has 1 N–H and O–H groups in total. The Kier molecular flexibility index (Phi) is 5.00. The fraction of sp³-hybridized carbons (Fsp3) is 1.00. The van der Waals surface area contributed by atoms with Crippen molar-refractivity contribution in [1.82, 2.24) is 15.1 Å². The molecule has 3 nitrogen and oxygen atoms in total. The molecule has 3 heteroatoms. The van der Waals surface area contributed by atoms with Crippen LogP contribution in [0.25, 0.3) is 0 Å². The van der Waals surface area contributed by atoms with E-state index in [-0.39, 0.29) is 0 Å². The fourth-order valence-corrected chi connectivity index (χ4v) is 4.48. The highest BCUT2D eigenvalue weighted by Gasteiger charge is 2.32. The van der Waals surface area contributed by atoms with Gasteiger partial charge in [-0.25, -0.2) is 0 Å². The lowest BCUT2D eigenvalue weighted by Gasteiger charge is -2.47. The van der Waals surface area contributed by atoms with Gasteiger partial charge >= 0.3 is 0 Å². The van der Waals surface area contributed by atoms with Crippen molar-refractivity contribution < 1.29 is 0 Å². The first-order valence-corrected chi connectivity index (χ1v) is 8.95. The van der Waals surface area contributed by atoms with Gasteiger partial charge in [0.15, 0.2) is 0 Å². The predicted molar refractivity (Wildman–Crippen MR) is 85.0 cm³/mol. The third kappa shape index (κ3) is 3.37. The number of hydrogen-bond donors (Lipinski definition) is 1. The van der Waals surface area contributed by atoms with Gasteiger partial charge in [0.2, 0.25) is 0 Å². The first-order chi connectivity index (χ1) is 9.76. The number of hydrogen-bond acceptors (Lipinski definition) is 3. The molecular weight excluding hydrogens is 246 g/mol. The summed E-state index contributed by atoms with van der Waals surface area (Å²) in [4.78, 5) is 5.55. The molecule has 0 aromatic heterocycles. The SMILES string of the molecule is CCC1CCC(N2CCN(CC3CNC3)C[C@@H]2C)CC1. The first-order valence-electron chi connectivity index (χ1n) is 8.95. The second-order valence-corrected chi connectivity index (χ2v) is 7.45. The predicted octanol–water partition coefficient (Wildman–Crippen LogP) is 2.18. The zero-order chi connectivity index (χ0) is 13.9. The molecule has 20 heavy (non-hydrogen) atoms. The summed E-state index contributed by atoms with van der Waals surface area (Å²) in [6, 6.07) is 1.65. The Hall–Kier alpha value is -0.120. The van der Waals surface area contributed by atoms with Crippen LogP contribution in [0.2, 0.25) is 0 Å². The summed E-state index contributed by atoms with van der Waals surface area (Å²) in [6.07, 6.45) is 7.25. The van der Waals surface area contributed by atoms with Crippen LogP contribution in [0.5, 0.6) is 0 Å². The topological polar surface area (TPSA) is 18.5 Å². The molecule has 0 amide bonds. The van der Waals surface area contributed by atoms with Crippen LogP contribution in [0.3, 0.4) is 0 Å². The van der Waals surface area contributed by atoms with E-state index >= 15 is 0 Å². The van der Waals surface area contributed by atoms with Crippen LogP contribution in [0.4, 0.5) is 0 Å². The minimum absolute atomic E-state index is 0.764. The van der Waals surface area contributed by atoms with E-state index in [0.717, 1.165) is 23.9 Å². The van der Waals surface area contributed by atoms with Crippen LogP contribution >= 0.6 is 0 Å². The van der Waals surface area contributed by atoms with Crippen molar-refractivity contribution in [2.24, 2.45) is 11.8 Å². The molecule has 1 atom stereocenters. The Morgan fingerprint density at radius 2 is 1.75 bits per heavy atom. The summed E-state index contributed by atoms with van der Waals surface area (Å²) in [5, 5.41) is 3.40. The molecule has 116 valence electrons. The van der Waals surface area contributed by atoms with E-state index in [9.17, 15) is 0 Å². The zero-order valence-electron chi connectivity index (χ0n) is 13.5. The highest BCUT2D eigenvalue weighted by molar-refractivity contribution is 4.89. The van der Waals surface area contributed by atoms with Crippen LogP contribution in [-0.2, 0) is 0 Å². The first kappa shape index (κ1) is 14.8. The maximum absolute atomic E-state index is 3.40. The molecule has 0 bridgehead atoms. The third-order valence-electron chi connectivity index (χ3n) is 6.01. The largest absolute Gasteiger partial charge is 0.316 e. The Balaban J connectivity index is 1.45. The molecule has 2 saturated heterocycles. The molecule has 0 aromatic carbocycles. The maximum atomic E-state index is 3.40. The Morgan fingerprint density at radius 1 is 1.00 bits per heavy atom. The lowest BCUT2D eigenvalue weighted by atomic mass is 9.83. The number of nitrogens with one attached hydrogen (secondary N) is 1. The standard InChI is InChI=1S/C17H33N3/c1-3-15-4-6-17(7-5-15)20-9-8-19(12-14(20)2)13-16-10-18-11-16/h14-18H,3-13H2,1-2H3/t14-,15?,17?/m0/s1. The lowest BCUT2D eigenvalue weighted by molar-refractivity contribution is 0.0202. The van der Waals surface area contributed by atoms with Gasteiger partial charge in [-0.05, 0) is 44.4 Å². The van der Waals surface area contributed by atoms with Gasteiger partial charge in [-0.15, -0.1) is 0 Å². The van der Waals surface area contributed by atoms with E-state index < -0.39 is 0 Å². The van der Waals surface area contributed by atoms with E-state index in [1.165, 1.54) is 71.4 Å². The van der Waals surface area contributed by atoms with Crippen molar-refractivity contribution in [3.05, 3.63) is 0 Å². The Bertz CT molecular complexity index is 295. The summed E-state index contributed by atoms with van der Waals surface area (Å²) in [7, 11) is 0. The van der Waals surface area contributed by atoms with Crippen LogP contribution in [0.1, 0.15) is 46.0 Å². The van der Waals surface area contributed by atoms with E-state index in [4.69, 9.17) is 0 Å². The van der Waals surface area contributed by atoms with E-state index in [0.29, 0.717) is 0 Å². The highest BCUT2D eigenvalue weighted by Crippen LogP contribution is 2.31.